The summed E-state index contributed by atoms with van der Waals surface area (Å²) in [4.78, 5) is 25.5. The first kappa shape index (κ1) is 18.0. The Labute approximate surface area is 149 Å². The summed E-state index contributed by atoms with van der Waals surface area (Å²) in [5.74, 6) is -1.66. The Hall–Kier alpha value is -1.37. The number of thioether (sulfide) groups is 1. The summed E-state index contributed by atoms with van der Waals surface area (Å²) in [6.07, 6.45) is 3.53. The van der Waals surface area contributed by atoms with E-state index in [9.17, 15) is 14.7 Å². The molecule has 0 unspecified atom stereocenters. The smallest absolute Gasteiger partial charge is 0.266 e. The van der Waals surface area contributed by atoms with E-state index in [1.807, 2.05) is 6.92 Å². The molecule has 1 aliphatic heterocycles. The molecule has 1 atom stereocenters. The number of halogens is 1. The van der Waals surface area contributed by atoms with Gasteiger partial charge in [0, 0.05) is 5.02 Å². The van der Waals surface area contributed by atoms with Crippen LogP contribution in [0.2, 0.25) is 5.02 Å². The molecular formula is C16H15ClNO3S2-. The Balaban J connectivity index is 2.24. The van der Waals surface area contributed by atoms with Crippen molar-refractivity contribution < 1.29 is 14.7 Å². The highest BCUT2D eigenvalue weighted by molar-refractivity contribution is 8.26. The lowest BCUT2D eigenvalue weighted by Gasteiger charge is -2.27. The second-order valence-electron chi connectivity index (χ2n) is 5.08. The molecule has 7 heteroatoms. The zero-order chi connectivity index (χ0) is 17.0. The first-order valence-electron chi connectivity index (χ1n) is 7.17. The molecule has 0 aliphatic carbocycles. The third-order valence-corrected chi connectivity index (χ3v) is 4.99. The second kappa shape index (κ2) is 7.95. The average Bonchev–Trinajstić information content (AvgIpc) is 2.77. The molecule has 1 heterocycles. The molecule has 4 nitrogen and oxygen atoms in total. The predicted octanol–water partition coefficient (Wildman–Crippen LogP) is 2.85. The fourth-order valence-corrected chi connectivity index (χ4v) is 3.69. The van der Waals surface area contributed by atoms with Crippen molar-refractivity contribution in [2.45, 2.75) is 32.2 Å². The summed E-state index contributed by atoms with van der Waals surface area (Å²) in [6, 6.07) is 5.99. The number of hydrogen-bond donors (Lipinski definition) is 0. The van der Waals surface area contributed by atoms with Crippen LogP contribution in [-0.4, -0.2) is 27.1 Å². The topological polar surface area (TPSA) is 60.4 Å². The Kier molecular flexibility index (Phi) is 6.21. The summed E-state index contributed by atoms with van der Waals surface area (Å²) in [6.45, 7) is 1.96. The van der Waals surface area contributed by atoms with Gasteiger partial charge >= 0.3 is 0 Å². The summed E-state index contributed by atoms with van der Waals surface area (Å²) >= 11 is 12.1. The molecule has 0 spiro atoms. The van der Waals surface area contributed by atoms with Gasteiger partial charge in [0.05, 0.1) is 16.9 Å². The van der Waals surface area contributed by atoms with E-state index in [1.54, 1.807) is 30.3 Å². The van der Waals surface area contributed by atoms with Crippen molar-refractivity contribution in [3.63, 3.8) is 0 Å². The molecule has 1 amide bonds. The van der Waals surface area contributed by atoms with Gasteiger partial charge in [-0.1, -0.05) is 67.5 Å². The predicted molar refractivity (Wildman–Crippen MR) is 94.8 cm³/mol. The number of rotatable bonds is 6. The highest BCUT2D eigenvalue weighted by Gasteiger charge is 2.37. The molecule has 0 radical (unpaired) electrons. The van der Waals surface area contributed by atoms with Gasteiger partial charge in [-0.05, 0) is 30.2 Å². The van der Waals surface area contributed by atoms with Gasteiger partial charge in [0.25, 0.3) is 5.91 Å². The average molecular weight is 369 g/mol. The monoisotopic (exact) mass is 368 g/mol. The van der Waals surface area contributed by atoms with Gasteiger partial charge in [-0.3, -0.25) is 9.69 Å². The largest absolute Gasteiger partial charge is 0.548 e. The standard InChI is InChI=1S/C16H16ClNO3S2/c1-2-3-4-12(15(20)21)18-14(19)13(23-16(18)22)9-10-5-7-11(17)8-6-10/h5-9,12H,2-4H2,1H3,(H,20,21)/p-1/b13-9-/t12-/m1/s1. The number of unbranched alkanes of at least 4 members (excludes halogenated alkanes) is 1. The molecule has 23 heavy (non-hydrogen) atoms. The van der Waals surface area contributed by atoms with E-state index in [4.69, 9.17) is 23.8 Å². The minimum absolute atomic E-state index is 0.250. The number of nitrogens with zero attached hydrogens (tertiary/aromatic N) is 1. The Morgan fingerprint density at radius 3 is 2.65 bits per heavy atom. The highest BCUT2D eigenvalue weighted by Crippen LogP contribution is 2.34. The van der Waals surface area contributed by atoms with Crippen molar-refractivity contribution in [2.75, 3.05) is 0 Å². The van der Waals surface area contributed by atoms with E-state index in [-0.39, 0.29) is 10.2 Å². The summed E-state index contributed by atoms with van der Waals surface area (Å²) in [5, 5.41) is 12.0. The van der Waals surface area contributed by atoms with Crippen LogP contribution in [0.3, 0.4) is 0 Å². The van der Waals surface area contributed by atoms with E-state index >= 15 is 0 Å². The van der Waals surface area contributed by atoms with Gasteiger partial charge < -0.3 is 9.90 Å². The van der Waals surface area contributed by atoms with Crippen molar-refractivity contribution in [3.05, 3.63) is 39.8 Å². The van der Waals surface area contributed by atoms with Crippen LogP contribution >= 0.6 is 35.6 Å². The molecule has 1 aromatic rings. The van der Waals surface area contributed by atoms with Crippen LogP contribution in [0.1, 0.15) is 31.7 Å². The zero-order valence-electron chi connectivity index (χ0n) is 12.5. The normalized spacial score (nSPS) is 17.8. The van der Waals surface area contributed by atoms with Gasteiger partial charge in [-0.25, -0.2) is 0 Å². The molecule has 1 fully saturated rings. The number of aliphatic carboxylic acids is 1. The lowest BCUT2D eigenvalue weighted by Crippen LogP contribution is -2.49. The summed E-state index contributed by atoms with van der Waals surface area (Å²) < 4.78 is 0.250. The number of amides is 1. The van der Waals surface area contributed by atoms with Crippen molar-refractivity contribution in [3.8, 4) is 0 Å². The van der Waals surface area contributed by atoms with E-state index < -0.39 is 12.0 Å². The van der Waals surface area contributed by atoms with Crippen LogP contribution in [-0.2, 0) is 9.59 Å². The highest BCUT2D eigenvalue weighted by atomic mass is 35.5. The molecule has 0 N–H and O–H groups in total. The summed E-state index contributed by atoms with van der Waals surface area (Å²) in [5.41, 5.74) is 0.799. The minimum atomic E-state index is -1.28. The molecule has 122 valence electrons. The number of hydrogen-bond acceptors (Lipinski definition) is 5. The maximum absolute atomic E-state index is 12.5. The van der Waals surface area contributed by atoms with Crippen LogP contribution in [0.15, 0.2) is 29.2 Å². The fourth-order valence-electron chi connectivity index (χ4n) is 2.21. The van der Waals surface area contributed by atoms with Crippen molar-refractivity contribution in [1.82, 2.24) is 4.90 Å². The molecule has 0 bridgehead atoms. The Morgan fingerprint density at radius 2 is 2.09 bits per heavy atom. The minimum Gasteiger partial charge on any atom is -0.548 e. The van der Waals surface area contributed by atoms with Gasteiger partial charge in [-0.2, -0.15) is 0 Å². The van der Waals surface area contributed by atoms with Gasteiger partial charge in [0.15, 0.2) is 0 Å². The third-order valence-electron chi connectivity index (χ3n) is 3.41. The van der Waals surface area contributed by atoms with Crippen LogP contribution in [0.5, 0.6) is 0 Å². The Bertz CT molecular complexity index is 658. The molecule has 1 aromatic carbocycles. The van der Waals surface area contributed by atoms with Crippen LogP contribution in [0.4, 0.5) is 0 Å². The third kappa shape index (κ3) is 4.34. The molecule has 0 aromatic heterocycles. The van der Waals surface area contributed by atoms with Crippen LogP contribution < -0.4 is 5.11 Å². The van der Waals surface area contributed by atoms with Crippen LogP contribution in [0, 0.1) is 0 Å². The van der Waals surface area contributed by atoms with Crippen LogP contribution in [0.25, 0.3) is 6.08 Å². The van der Waals surface area contributed by atoms with E-state index in [0.29, 0.717) is 22.8 Å². The molecule has 1 aliphatic rings. The quantitative estimate of drug-likeness (QED) is 0.570. The fraction of sp³-hybridized carbons (Fsp3) is 0.312. The summed E-state index contributed by atoms with van der Waals surface area (Å²) in [7, 11) is 0. The first-order chi connectivity index (χ1) is 10.9. The van der Waals surface area contributed by atoms with Crippen molar-refractivity contribution in [2.24, 2.45) is 0 Å². The molecular weight excluding hydrogens is 354 g/mol. The maximum atomic E-state index is 12.5. The van der Waals surface area contributed by atoms with Gasteiger partial charge in [0.2, 0.25) is 0 Å². The first-order valence-corrected chi connectivity index (χ1v) is 8.77. The SMILES string of the molecule is CCCC[C@H](C(=O)[O-])N1C(=O)/C(=C/c2ccc(Cl)cc2)SC1=S. The van der Waals surface area contributed by atoms with Gasteiger partial charge in [0.1, 0.15) is 4.32 Å². The molecule has 2 rings (SSSR count). The zero-order valence-corrected chi connectivity index (χ0v) is 14.8. The lowest BCUT2D eigenvalue weighted by atomic mass is 10.1. The van der Waals surface area contributed by atoms with Crippen molar-refractivity contribution >= 4 is 57.9 Å². The number of carboxylic acids is 1. The van der Waals surface area contributed by atoms with Crippen molar-refractivity contribution in [1.29, 1.82) is 0 Å². The number of carboxylic acid groups (broad SMARTS) is 1. The number of thiocarbonyl (C=S) groups is 1. The Morgan fingerprint density at radius 1 is 1.43 bits per heavy atom. The molecule has 1 saturated heterocycles. The van der Waals surface area contributed by atoms with Gasteiger partial charge in [-0.15, -0.1) is 0 Å². The molecule has 0 saturated carbocycles. The maximum Gasteiger partial charge on any atom is 0.266 e. The van der Waals surface area contributed by atoms with E-state index in [1.165, 1.54) is 0 Å². The van der Waals surface area contributed by atoms with E-state index in [0.717, 1.165) is 28.6 Å². The lowest BCUT2D eigenvalue weighted by molar-refractivity contribution is -0.310. The number of carbonyl (C=O) groups is 2. The van der Waals surface area contributed by atoms with E-state index in [2.05, 4.69) is 0 Å². The second-order valence-corrected chi connectivity index (χ2v) is 7.19. The number of carbonyl (C=O) groups excluding carboxylic acids is 2. The number of benzene rings is 1.